The predicted octanol–water partition coefficient (Wildman–Crippen LogP) is 1.32. The van der Waals surface area contributed by atoms with Gasteiger partial charge in [-0.05, 0) is 23.6 Å². The molecule has 1 heterocycles. The number of aryl methyl sites for hydroxylation is 1. The largest absolute Gasteiger partial charge is 0.392 e. The molecule has 0 unspecified atom stereocenters. The lowest BCUT2D eigenvalue weighted by Crippen LogP contribution is -2.23. The number of ether oxygens (including phenoxy) is 2. The Hall–Kier alpha value is -0.900. The molecule has 3 rings (SSSR count). The molecule has 1 N–H and O–H groups in total. The molecule has 3 nitrogen and oxygen atoms in total. The summed E-state index contributed by atoms with van der Waals surface area (Å²) in [5.74, 6) is -0.499. The first-order chi connectivity index (χ1) is 7.34. The molecule has 1 fully saturated rings. The first-order valence-corrected chi connectivity index (χ1v) is 5.35. The van der Waals surface area contributed by atoms with Crippen LogP contribution in [0.3, 0.4) is 0 Å². The van der Waals surface area contributed by atoms with Crippen molar-refractivity contribution in [2.45, 2.75) is 25.2 Å². The van der Waals surface area contributed by atoms with Gasteiger partial charge in [0.1, 0.15) is 0 Å². The van der Waals surface area contributed by atoms with Gasteiger partial charge in [-0.1, -0.05) is 12.1 Å². The van der Waals surface area contributed by atoms with Crippen molar-refractivity contribution in [3.05, 3.63) is 34.9 Å². The van der Waals surface area contributed by atoms with Crippen molar-refractivity contribution in [2.24, 2.45) is 0 Å². The molecule has 0 atom stereocenters. The van der Waals surface area contributed by atoms with Crippen molar-refractivity contribution in [2.75, 3.05) is 13.2 Å². The maximum absolute atomic E-state index is 9.12. The van der Waals surface area contributed by atoms with Crippen molar-refractivity contribution in [3.63, 3.8) is 0 Å². The van der Waals surface area contributed by atoms with Gasteiger partial charge in [0, 0.05) is 12.0 Å². The summed E-state index contributed by atoms with van der Waals surface area (Å²) in [6.45, 7) is 1.41. The molecule has 0 aromatic heterocycles. The second-order valence-electron chi connectivity index (χ2n) is 4.10. The molecule has 1 aromatic carbocycles. The first-order valence-electron chi connectivity index (χ1n) is 5.35. The number of fused-ring (bicyclic) bond motifs is 2. The molecule has 1 aliphatic heterocycles. The minimum Gasteiger partial charge on any atom is -0.392 e. The van der Waals surface area contributed by atoms with Crippen LogP contribution in [-0.4, -0.2) is 18.3 Å². The van der Waals surface area contributed by atoms with Gasteiger partial charge in [-0.3, -0.25) is 0 Å². The van der Waals surface area contributed by atoms with E-state index in [-0.39, 0.29) is 6.61 Å². The zero-order valence-electron chi connectivity index (χ0n) is 8.53. The minimum absolute atomic E-state index is 0.0728. The van der Waals surface area contributed by atoms with Crippen LogP contribution in [0.15, 0.2) is 18.2 Å². The zero-order valence-corrected chi connectivity index (χ0v) is 8.53. The Balaban J connectivity index is 2.07. The maximum atomic E-state index is 9.12. The Bertz CT molecular complexity index is 380. The van der Waals surface area contributed by atoms with Gasteiger partial charge in [0.25, 0.3) is 0 Å². The molecule has 1 aromatic rings. The third-order valence-corrected chi connectivity index (χ3v) is 3.24. The van der Waals surface area contributed by atoms with E-state index in [1.807, 2.05) is 12.1 Å². The molecule has 0 bridgehead atoms. The van der Waals surface area contributed by atoms with E-state index in [1.54, 1.807) is 0 Å². The second-order valence-corrected chi connectivity index (χ2v) is 4.10. The maximum Gasteiger partial charge on any atom is 0.195 e. The summed E-state index contributed by atoms with van der Waals surface area (Å²) in [6, 6.07) is 6.04. The van der Waals surface area contributed by atoms with Crippen molar-refractivity contribution >= 4 is 0 Å². The van der Waals surface area contributed by atoms with Gasteiger partial charge in [0.15, 0.2) is 5.79 Å². The van der Waals surface area contributed by atoms with Crippen molar-refractivity contribution in [1.82, 2.24) is 0 Å². The number of hydrogen-bond acceptors (Lipinski definition) is 3. The third-order valence-electron chi connectivity index (χ3n) is 3.24. The normalized spacial score (nSPS) is 22.2. The van der Waals surface area contributed by atoms with Crippen LogP contribution in [0.4, 0.5) is 0 Å². The van der Waals surface area contributed by atoms with E-state index in [2.05, 4.69) is 6.07 Å². The zero-order chi connectivity index (χ0) is 10.3. The molecule has 1 spiro atoms. The van der Waals surface area contributed by atoms with E-state index in [0.717, 1.165) is 24.0 Å². The number of aliphatic hydroxyl groups is 1. The van der Waals surface area contributed by atoms with Crippen LogP contribution in [0.5, 0.6) is 0 Å². The summed E-state index contributed by atoms with van der Waals surface area (Å²) in [4.78, 5) is 0. The highest BCUT2D eigenvalue weighted by atomic mass is 16.7. The van der Waals surface area contributed by atoms with E-state index in [0.29, 0.717) is 13.2 Å². The standard InChI is InChI=1S/C12H14O3/c13-8-9-1-2-10-3-4-12(11(10)7-9)14-5-6-15-12/h1-2,7,13H,3-6,8H2. The molecular weight excluding hydrogens is 192 g/mol. The van der Waals surface area contributed by atoms with E-state index < -0.39 is 5.79 Å². The topological polar surface area (TPSA) is 38.7 Å². The van der Waals surface area contributed by atoms with E-state index in [1.165, 1.54) is 5.56 Å². The van der Waals surface area contributed by atoms with E-state index in [9.17, 15) is 0 Å². The summed E-state index contributed by atoms with van der Waals surface area (Å²) < 4.78 is 11.4. The summed E-state index contributed by atoms with van der Waals surface area (Å²) >= 11 is 0. The Morgan fingerprint density at radius 2 is 2.07 bits per heavy atom. The molecule has 0 saturated carbocycles. The molecule has 3 heteroatoms. The average Bonchev–Trinajstić information content (AvgIpc) is 2.89. The molecule has 1 saturated heterocycles. The quantitative estimate of drug-likeness (QED) is 0.753. The molecule has 0 amide bonds. The van der Waals surface area contributed by atoms with Gasteiger partial charge in [0.05, 0.1) is 19.8 Å². The summed E-state index contributed by atoms with van der Waals surface area (Å²) in [5.41, 5.74) is 3.33. The summed E-state index contributed by atoms with van der Waals surface area (Å²) in [7, 11) is 0. The Labute approximate surface area is 88.6 Å². The lowest BCUT2D eigenvalue weighted by molar-refractivity contribution is -0.163. The number of benzene rings is 1. The Morgan fingerprint density at radius 1 is 1.27 bits per heavy atom. The molecule has 1 aliphatic carbocycles. The van der Waals surface area contributed by atoms with Crippen LogP contribution in [0.1, 0.15) is 23.1 Å². The Kier molecular flexibility index (Phi) is 2.06. The van der Waals surface area contributed by atoms with Crippen LogP contribution in [0.25, 0.3) is 0 Å². The Morgan fingerprint density at radius 3 is 2.80 bits per heavy atom. The first kappa shape index (κ1) is 9.33. The highest BCUT2D eigenvalue weighted by Crippen LogP contribution is 2.43. The van der Waals surface area contributed by atoms with Crippen molar-refractivity contribution < 1.29 is 14.6 Å². The lowest BCUT2D eigenvalue weighted by Gasteiger charge is -2.23. The second kappa shape index (κ2) is 3.30. The van der Waals surface area contributed by atoms with Crippen LogP contribution in [0, 0.1) is 0 Å². The SMILES string of the molecule is OCc1ccc2c(c1)C1(CC2)OCCO1. The van der Waals surface area contributed by atoms with Gasteiger partial charge in [-0.15, -0.1) is 0 Å². The van der Waals surface area contributed by atoms with Gasteiger partial charge in [0.2, 0.25) is 0 Å². The molecule has 80 valence electrons. The lowest BCUT2D eigenvalue weighted by atomic mass is 10.0. The van der Waals surface area contributed by atoms with Crippen molar-refractivity contribution in [1.29, 1.82) is 0 Å². The van der Waals surface area contributed by atoms with Crippen LogP contribution < -0.4 is 0 Å². The van der Waals surface area contributed by atoms with Crippen molar-refractivity contribution in [3.8, 4) is 0 Å². The van der Waals surface area contributed by atoms with Gasteiger partial charge in [-0.25, -0.2) is 0 Å². The highest BCUT2D eigenvalue weighted by Gasteiger charge is 2.43. The molecule has 2 aliphatic rings. The predicted molar refractivity (Wildman–Crippen MR) is 54.3 cm³/mol. The fourth-order valence-electron chi connectivity index (χ4n) is 2.48. The van der Waals surface area contributed by atoms with Crippen LogP contribution in [-0.2, 0) is 28.3 Å². The van der Waals surface area contributed by atoms with Crippen LogP contribution >= 0.6 is 0 Å². The summed E-state index contributed by atoms with van der Waals surface area (Å²) in [5, 5.41) is 9.12. The highest BCUT2D eigenvalue weighted by molar-refractivity contribution is 5.39. The third kappa shape index (κ3) is 1.31. The van der Waals surface area contributed by atoms with Crippen LogP contribution in [0.2, 0.25) is 0 Å². The number of hydrogen-bond donors (Lipinski definition) is 1. The fourth-order valence-corrected chi connectivity index (χ4v) is 2.48. The number of rotatable bonds is 1. The van der Waals surface area contributed by atoms with Gasteiger partial charge < -0.3 is 14.6 Å². The van der Waals surface area contributed by atoms with E-state index in [4.69, 9.17) is 14.6 Å². The van der Waals surface area contributed by atoms with Gasteiger partial charge >= 0.3 is 0 Å². The smallest absolute Gasteiger partial charge is 0.195 e. The van der Waals surface area contributed by atoms with E-state index >= 15 is 0 Å². The fraction of sp³-hybridized carbons (Fsp3) is 0.500. The molecule has 15 heavy (non-hydrogen) atoms. The number of aliphatic hydroxyl groups excluding tert-OH is 1. The summed E-state index contributed by atoms with van der Waals surface area (Å²) in [6.07, 6.45) is 1.90. The monoisotopic (exact) mass is 206 g/mol. The minimum atomic E-state index is -0.499. The molecular formula is C12H14O3. The average molecular weight is 206 g/mol. The molecule has 0 radical (unpaired) electrons. The van der Waals surface area contributed by atoms with Gasteiger partial charge in [-0.2, -0.15) is 0 Å².